The molecular weight excluding hydrogens is 248 g/mol. The number of benzene rings is 1. The fourth-order valence-electron chi connectivity index (χ4n) is 3.25. The summed E-state index contributed by atoms with van der Waals surface area (Å²) in [4.78, 5) is 2.55. The molecule has 2 N–H and O–H groups in total. The number of nitrogens with two attached hydrogens (primary N) is 1. The average molecular weight is 276 g/mol. The molecule has 1 fully saturated rings. The highest BCUT2D eigenvalue weighted by Gasteiger charge is 2.30. The van der Waals surface area contributed by atoms with E-state index in [1.54, 1.807) is 0 Å². The van der Waals surface area contributed by atoms with Gasteiger partial charge in [-0.15, -0.1) is 0 Å². The number of nitrogens with zero attached hydrogens (tertiary/aromatic N) is 1. The molecule has 1 aromatic carbocycles. The van der Waals surface area contributed by atoms with Crippen molar-refractivity contribution in [3.63, 3.8) is 0 Å². The molecule has 112 valence electrons. The molecule has 3 heteroatoms. The van der Waals surface area contributed by atoms with Gasteiger partial charge in [-0.05, 0) is 69.9 Å². The second-order valence-electron chi connectivity index (χ2n) is 5.95. The highest BCUT2D eigenvalue weighted by molar-refractivity contribution is 5.30. The Morgan fingerprint density at radius 2 is 2.00 bits per heavy atom. The topological polar surface area (TPSA) is 38.5 Å². The van der Waals surface area contributed by atoms with Crippen LogP contribution in [0.4, 0.5) is 0 Å². The Hall–Kier alpha value is -1.06. The van der Waals surface area contributed by atoms with E-state index in [9.17, 15) is 0 Å². The average Bonchev–Trinajstić information content (AvgIpc) is 2.46. The van der Waals surface area contributed by atoms with E-state index in [4.69, 9.17) is 10.5 Å². The predicted octanol–water partition coefficient (Wildman–Crippen LogP) is 3.21. The summed E-state index contributed by atoms with van der Waals surface area (Å²) in [6.07, 6.45) is 2.72. The lowest BCUT2D eigenvalue weighted by molar-refractivity contribution is 0.102. The maximum atomic E-state index is 5.99. The van der Waals surface area contributed by atoms with Gasteiger partial charge in [0.2, 0.25) is 0 Å². The minimum Gasteiger partial charge on any atom is -0.491 e. The number of likely N-dealkylation sites (tertiary alicyclic amines) is 1. The molecule has 0 spiro atoms. The molecule has 20 heavy (non-hydrogen) atoms. The minimum absolute atomic E-state index is 0.222. The van der Waals surface area contributed by atoms with Crippen LogP contribution in [0, 0.1) is 5.92 Å². The molecule has 1 saturated heterocycles. The maximum absolute atomic E-state index is 5.99. The van der Waals surface area contributed by atoms with Crippen molar-refractivity contribution in [3.05, 3.63) is 29.8 Å². The zero-order valence-electron chi connectivity index (χ0n) is 13.0. The molecule has 1 heterocycles. The molecule has 1 aromatic rings. The van der Waals surface area contributed by atoms with Crippen LogP contribution in [0.3, 0.4) is 0 Å². The molecule has 0 amide bonds. The first-order chi connectivity index (χ1) is 9.65. The Bertz CT molecular complexity index is 390. The van der Waals surface area contributed by atoms with Crippen molar-refractivity contribution in [2.75, 3.05) is 19.6 Å². The summed E-state index contributed by atoms with van der Waals surface area (Å²) in [5.41, 5.74) is 7.37. The third kappa shape index (κ3) is 3.53. The van der Waals surface area contributed by atoms with Crippen LogP contribution in [-0.4, -0.2) is 30.6 Å². The summed E-state index contributed by atoms with van der Waals surface area (Å²) in [6, 6.07) is 9.06. The standard InChI is InChI=1S/C17H28N2O/c1-4-19-11-5-6-15(12-18)17(19)14-7-9-16(10-8-14)20-13(2)3/h7-10,13,15,17H,4-6,11-12,18H2,1-3H3. The molecular formula is C17H28N2O. The largest absolute Gasteiger partial charge is 0.491 e. The lowest BCUT2D eigenvalue weighted by Crippen LogP contribution is -2.41. The number of hydrogen-bond acceptors (Lipinski definition) is 3. The van der Waals surface area contributed by atoms with Crippen molar-refractivity contribution in [1.82, 2.24) is 4.90 Å². The van der Waals surface area contributed by atoms with E-state index in [1.807, 2.05) is 0 Å². The first kappa shape index (κ1) is 15.3. The molecule has 0 aromatic heterocycles. The summed E-state index contributed by atoms with van der Waals surface area (Å²) >= 11 is 0. The van der Waals surface area contributed by atoms with Crippen LogP contribution in [-0.2, 0) is 0 Å². The molecule has 2 rings (SSSR count). The van der Waals surface area contributed by atoms with Gasteiger partial charge >= 0.3 is 0 Å². The van der Waals surface area contributed by atoms with Gasteiger partial charge in [0.05, 0.1) is 6.10 Å². The molecule has 3 nitrogen and oxygen atoms in total. The highest BCUT2D eigenvalue weighted by atomic mass is 16.5. The van der Waals surface area contributed by atoms with Crippen molar-refractivity contribution in [2.24, 2.45) is 11.7 Å². The first-order valence-corrected chi connectivity index (χ1v) is 7.86. The van der Waals surface area contributed by atoms with Gasteiger partial charge in [0.15, 0.2) is 0 Å². The van der Waals surface area contributed by atoms with Crippen molar-refractivity contribution in [2.45, 2.75) is 45.8 Å². The maximum Gasteiger partial charge on any atom is 0.119 e. The van der Waals surface area contributed by atoms with E-state index >= 15 is 0 Å². The number of hydrogen-bond donors (Lipinski definition) is 1. The third-order valence-electron chi connectivity index (χ3n) is 4.16. The summed E-state index contributed by atoms with van der Waals surface area (Å²) in [7, 11) is 0. The van der Waals surface area contributed by atoms with E-state index in [0.29, 0.717) is 12.0 Å². The normalized spacial score (nSPS) is 24.1. The Kier molecular flexibility index (Phi) is 5.44. The van der Waals surface area contributed by atoms with Crippen LogP contribution in [0.1, 0.15) is 45.2 Å². The quantitative estimate of drug-likeness (QED) is 0.897. The second-order valence-corrected chi connectivity index (χ2v) is 5.95. The third-order valence-corrected chi connectivity index (χ3v) is 4.16. The lowest BCUT2D eigenvalue weighted by atomic mass is 9.84. The number of piperidine rings is 1. The van der Waals surface area contributed by atoms with Crippen LogP contribution in [0.2, 0.25) is 0 Å². The van der Waals surface area contributed by atoms with Crippen LogP contribution in [0.25, 0.3) is 0 Å². The molecule has 0 aliphatic carbocycles. The van der Waals surface area contributed by atoms with Crippen molar-refractivity contribution >= 4 is 0 Å². The predicted molar refractivity (Wildman–Crippen MR) is 84.0 cm³/mol. The Morgan fingerprint density at radius 3 is 2.55 bits per heavy atom. The smallest absolute Gasteiger partial charge is 0.119 e. The van der Waals surface area contributed by atoms with E-state index in [-0.39, 0.29) is 6.10 Å². The number of ether oxygens (including phenoxy) is 1. The molecule has 0 radical (unpaired) electrons. The van der Waals surface area contributed by atoms with E-state index in [2.05, 4.69) is 49.9 Å². The van der Waals surface area contributed by atoms with Crippen LogP contribution >= 0.6 is 0 Å². The van der Waals surface area contributed by atoms with Gasteiger partial charge < -0.3 is 10.5 Å². The summed E-state index contributed by atoms with van der Waals surface area (Å²) in [5.74, 6) is 1.52. The first-order valence-electron chi connectivity index (χ1n) is 7.86. The fraction of sp³-hybridized carbons (Fsp3) is 0.647. The van der Waals surface area contributed by atoms with Gasteiger partial charge in [0.25, 0.3) is 0 Å². The Labute approximate surface area is 123 Å². The zero-order valence-corrected chi connectivity index (χ0v) is 13.0. The van der Waals surface area contributed by atoms with Crippen molar-refractivity contribution in [1.29, 1.82) is 0 Å². The highest BCUT2D eigenvalue weighted by Crippen LogP contribution is 2.35. The summed E-state index contributed by atoms with van der Waals surface area (Å²) in [6.45, 7) is 9.39. The fourth-order valence-corrected chi connectivity index (χ4v) is 3.25. The molecule has 0 saturated carbocycles. The van der Waals surface area contributed by atoms with E-state index in [0.717, 1.165) is 18.8 Å². The van der Waals surface area contributed by atoms with Crippen LogP contribution in [0.15, 0.2) is 24.3 Å². The molecule has 1 aliphatic rings. The van der Waals surface area contributed by atoms with Crippen LogP contribution < -0.4 is 10.5 Å². The van der Waals surface area contributed by atoms with Crippen molar-refractivity contribution < 1.29 is 4.74 Å². The molecule has 2 unspecified atom stereocenters. The molecule has 2 atom stereocenters. The Morgan fingerprint density at radius 1 is 1.30 bits per heavy atom. The van der Waals surface area contributed by atoms with Gasteiger partial charge in [0.1, 0.15) is 5.75 Å². The zero-order chi connectivity index (χ0) is 14.5. The SMILES string of the molecule is CCN1CCCC(CN)C1c1ccc(OC(C)C)cc1. The molecule has 1 aliphatic heterocycles. The lowest BCUT2D eigenvalue weighted by Gasteiger charge is -2.41. The van der Waals surface area contributed by atoms with Gasteiger partial charge in [-0.1, -0.05) is 19.1 Å². The van der Waals surface area contributed by atoms with Gasteiger partial charge in [-0.2, -0.15) is 0 Å². The molecule has 0 bridgehead atoms. The van der Waals surface area contributed by atoms with E-state index in [1.165, 1.54) is 24.9 Å². The minimum atomic E-state index is 0.222. The number of rotatable bonds is 5. The van der Waals surface area contributed by atoms with Crippen molar-refractivity contribution in [3.8, 4) is 5.75 Å². The van der Waals surface area contributed by atoms with E-state index < -0.39 is 0 Å². The Balaban J connectivity index is 2.18. The van der Waals surface area contributed by atoms with Gasteiger partial charge in [-0.25, -0.2) is 0 Å². The summed E-state index contributed by atoms with van der Waals surface area (Å²) in [5, 5.41) is 0. The van der Waals surface area contributed by atoms with Crippen LogP contribution in [0.5, 0.6) is 5.75 Å². The monoisotopic (exact) mass is 276 g/mol. The second kappa shape index (κ2) is 7.09. The van der Waals surface area contributed by atoms with Gasteiger partial charge in [-0.3, -0.25) is 4.90 Å². The summed E-state index contributed by atoms with van der Waals surface area (Å²) < 4.78 is 5.72. The van der Waals surface area contributed by atoms with Gasteiger partial charge in [0, 0.05) is 6.04 Å².